The van der Waals surface area contributed by atoms with Crippen LogP contribution in [0.15, 0.2) is 0 Å². The molecule has 4 saturated heterocycles. The molecular weight excluding hydrogens is 368 g/mol. The summed E-state index contributed by atoms with van der Waals surface area (Å²) in [6.07, 6.45) is 0.318. The van der Waals surface area contributed by atoms with Gasteiger partial charge in [-0.2, -0.15) is 0 Å². The molecule has 4 heterocycles. The van der Waals surface area contributed by atoms with Gasteiger partial charge in [0, 0.05) is 19.6 Å². The number of likely N-dealkylation sites (tertiary alicyclic amines) is 1. The van der Waals surface area contributed by atoms with E-state index in [1.165, 1.54) is 4.90 Å². The smallest absolute Gasteiger partial charge is 0.410 e. The Bertz CT molecular complexity index is 590. The Morgan fingerprint density at radius 1 is 0.963 bits per heavy atom. The lowest BCUT2D eigenvalue weighted by Gasteiger charge is -2.47. The van der Waals surface area contributed by atoms with Gasteiger partial charge in [-0.3, -0.25) is 10.6 Å². The molecule has 10 heteroatoms. The lowest BCUT2D eigenvalue weighted by Crippen LogP contribution is -2.74. The molecule has 0 aliphatic carbocycles. The highest BCUT2D eigenvalue weighted by atomic mass is 19.3. The summed E-state index contributed by atoms with van der Waals surface area (Å²) in [7, 11) is 0. The van der Waals surface area contributed by atoms with Crippen molar-refractivity contribution in [2.75, 3.05) is 39.3 Å². The molecule has 156 valence electrons. The first kappa shape index (κ1) is 20.6. The molecule has 27 heavy (non-hydrogen) atoms. The largest absolute Gasteiger partial charge is 0.444 e. The number of nitrogens with zero attached hydrogens (tertiary/aromatic N) is 1. The molecule has 0 bridgehead atoms. The van der Waals surface area contributed by atoms with Crippen molar-refractivity contribution in [2.24, 2.45) is 0 Å². The minimum atomic E-state index is -2.72. The molecule has 2 spiro atoms. The lowest BCUT2D eigenvalue weighted by atomic mass is 9.83. The molecule has 0 radical (unpaired) electrons. The van der Waals surface area contributed by atoms with E-state index in [9.17, 15) is 22.4 Å². The Hall–Kier alpha value is -1.13. The molecule has 0 aromatic heterocycles. The van der Waals surface area contributed by atoms with Crippen molar-refractivity contribution in [2.45, 2.75) is 62.1 Å². The summed E-state index contributed by atoms with van der Waals surface area (Å²) in [5.41, 5.74) is -2.70. The average molecular weight is 396 g/mol. The number of rotatable bonds is 0. The monoisotopic (exact) mass is 396 g/mol. The highest BCUT2D eigenvalue weighted by Crippen LogP contribution is 2.43. The Balaban J connectivity index is 0.000000177. The quantitative estimate of drug-likeness (QED) is 0.543. The van der Waals surface area contributed by atoms with Crippen molar-refractivity contribution in [3.8, 4) is 0 Å². The normalized spacial score (nSPS) is 36.0. The first-order valence-corrected chi connectivity index (χ1v) is 9.26. The highest BCUT2D eigenvalue weighted by molar-refractivity contribution is 5.69. The lowest BCUT2D eigenvalue weighted by molar-refractivity contribution is -0.148. The van der Waals surface area contributed by atoms with E-state index in [-0.39, 0.29) is 26.1 Å². The van der Waals surface area contributed by atoms with E-state index >= 15 is 0 Å². The molecule has 4 aliphatic heterocycles. The van der Waals surface area contributed by atoms with Gasteiger partial charge in [0.1, 0.15) is 11.1 Å². The number of hydrogen-bond donors (Lipinski definition) is 3. The SMILES string of the molecule is CC(C)(C)OC(=O)N1CCC2(C1)NCC2(F)F.FC1(F)CNC12CCNC2. The number of carbonyl (C=O) groups is 1. The van der Waals surface area contributed by atoms with Crippen molar-refractivity contribution in [1.82, 2.24) is 20.9 Å². The van der Waals surface area contributed by atoms with Crippen LogP contribution in [0, 0.1) is 0 Å². The maximum Gasteiger partial charge on any atom is 0.410 e. The minimum absolute atomic E-state index is 0.0227. The molecule has 0 aromatic rings. The number of alkyl halides is 4. The Morgan fingerprint density at radius 2 is 1.56 bits per heavy atom. The first-order valence-electron chi connectivity index (χ1n) is 9.26. The van der Waals surface area contributed by atoms with Crippen molar-refractivity contribution in [1.29, 1.82) is 0 Å². The number of nitrogens with one attached hydrogen (secondary N) is 3. The van der Waals surface area contributed by atoms with Crippen LogP contribution < -0.4 is 16.0 Å². The number of carbonyl (C=O) groups excluding carboxylic acids is 1. The van der Waals surface area contributed by atoms with Crippen LogP contribution >= 0.6 is 0 Å². The van der Waals surface area contributed by atoms with E-state index in [0.717, 1.165) is 0 Å². The second-order valence-electron chi connectivity index (χ2n) is 8.86. The summed E-state index contributed by atoms with van der Waals surface area (Å²) < 4.78 is 57.6. The van der Waals surface area contributed by atoms with E-state index in [4.69, 9.17) is 4.74 Å². The van der Waals surface area contributed by atoms with Crippen LogP contribution in [-0.2, 0) is 4.74 Å². The molecule has 6 nitrogen and oxygen atoms in total. The number of amides is 1. The highest BCUT2D eigenvalue weighted by Gasteiger charge is 2.65. The zero-order chi connectivity index (χ0) is 20.1. The van der Waals surface area contributed by atoms with Crippen LogP contribution in [0.4, 0.5) is 22.4 Å². The fourth-order valence-corrected chi connectivity index (χ4v) is 3.83. The Kier molecular flexibility index (Phi) is 4.92. The maximum absolute atomic E-state index is 13.4. The summed E-state index contributed by atoms with van der Waals surface area (Å²) in [5.74, 6) is -5.19. The summed E-state index contributed by atoms with van der Waals surface area (Å²) in [6.45, 7) is 6.30. The molecule has 2 atom stereocenters. The molecule has 0 aromatic carbocycles. The molecule has 1 amide bonds. The summed E-state index contributed by atoms with van der Waals surface area (Å²) in [4.78, 5) is 13.1. The standard InChI is InChI=1S/C11H18F2N2O2.C6H10F2N2/c1-9(2,3)17-8(16)15-5-4-10(7-15)11(12,13)6-14-10;7-6(8)4-10-5(6)1-2-9-3-5/h14H,4-7H2,1-3H3;9-10H,1-4H2. The molecule has 2 unspecified atom stereocenters. The Morgan fingerprint density at radius 3 is 1.85 bits per heavy atom. The van der Waals surface area contributed by atoms with Gasteiger partial charge in [0.15, 0.2) is 0 Å². The summed E-state index contributed by atoms with van der Waals surface area (Å²) in [6, 6.07) is 0. The van der Waals surface area contributed by atoms with Crippen molar-refractivity contribution < 1.29 is 27.1 Å². The van der Waals surface area contributed by atoms with Crippen molar-refractivity contribution >= 4 is 6.09 Å². The zero-order valence-corrected chi connectivity index (χ0v) is 15.9. The summed E-state index contributed by atoms with van der Waals surface area (Å²) >= 11 is 0. The van der Waals surface area contributed by atoms with Gasteiger partial charge < -0.3 is 15.0 Å². The van der Waals surface area contributed by atoms with E-state index in [1.807, 2.05) is 0 Å². The van der Waals surface area contributed by atoms with E-state index in [1.54, 1.807) is 20.8 Å². The third-order valence-corrected chi connectivity index (χ3v) is 5.77. The number of halogens is 4. The molecule has 4 fully saturated rings. The molecule has 0 saturated carbocycles. The first-order chi connectivity index (χ1) is 12.3. The maximum atomic E-state index is 13.4. The van der Waals surface area contributed by atoms with Crippen LogP contribution in [0.3, 0.4) is 0 Å². The predicted octanol–water partition coefficient (Wildman–Crippen LogP) is 1.56. The fourth-order valence-electron chi connectivity index (χ4n) is 3.83. The predicted molar refractivity (Wildman–Crippen MR) is 91.3 cm³/mol. The molecule has 4 rings (SSSR count). The van der Waals surface area contributed by atoms with Crippen LogP contribution in [0.5, 0.6) is 0 Å². The minimum Gasteiger partial charge on any atom is -0.444 e. The van der Waals surface area contributed by atoms with Crippen LogP contribution in [-0.4, -0.2) is 78.8 Å². The average Bonchev–Trinajstić information content (AvgIpc) is 3.22. The van der Waals surface area contributed by atoms with Crippen LogP contribution in [0.2, 0.25) is 0 Å². The van der Waals surface area contributed by atoms with Gasteiger partial charge in [-0.1, -0.05) is 0 Å². The van der Waals surface area contributed by atoms with Gasteiger partial charge in [0.25, 0.3) is 11.8 Å². The number of ether oxygens (including phenoxy) is 1. The third kappa shape index (κ3) is 3.63. The van der Waals surface area contributed by atoms with Crippen molar-refractivity contribution in [3.63, 3.8) is 0 Å². The second-order valence-corrected chi connectivity index (χ2v) is 8.86. The fraction of sp³-hybridized carbons (Fsp3) is 0.941. The van der Waals surface area contributed by atoms with Gasteiger partial charge in [0.05, 0.1) is 18.6 Å². The van der Waals surface area contributed by atoms with Gasteiger partial charge in [-0.05, 0) is 40.2 Å². The third-order valence-electron chi connectivity index (χ3n) is 5.77. The van der Waals surface area contributed by atoms with E-state index < -0.39 is 34.6 Å². The number of hydrogen-bond acceptors (Lipinski definition) is 5. The van der Waals surface area contributed by atoms with Crippen LogP contribution in [0.1, 0.15) is 33.6 Å². The van der Waals surface area contributed by atoms with Gasteiger partial charge in [0.2, 0.25) is 0 Å². The molecule has 3 N–H and O–H groups in total. The molecular formula is C17H28F4N4O2. The van der Waals surface area contributed by atoms with Gasteiger partial charge in [-0.15, -0.1) is 0 Å². The zero-order valence-electron chi connectivity index (χ0n) is 15.9. The Labute approximate surface area is 156 Å². The summed E-state index contributed by atoms with van der Waals surface area (Å²) in [5, 5.41) is 8.49. The van der Waals surface area contributed by atoms with Crippen LogP contribution in [0.25, 0.3) is 0 Å². The van der Waals surface area contributed by atoms with Crippen molar-refractivity contribution in [3.05, 3.63) is 0 Å². The van der Waals surface area contributed by atoms with E-state index in [0.29, 0.717) is 26.1 Å². The van der Waals surface area contributed by atoms with Gasteiger partial charge in [-0.25, -0.2) is 22.4 Å². The van der Waals surface area contributed by atoms with Gasteiger partial charge >= 0.3 is 6.09 Å². The second kappa shape index (κ2) is 6.45. The van der Waals surface area contributed by atoms with E-state index in [2.05, 4.69) is 16.0 Å². The topological polar surface area (TPSA) is 65.6 Å². The molecule has 4 aliphatic rings.